The van der Waals surface area contributed by atoms with Crippen molar-refractivity contribution in [2.45, 2.75) is 18.8 Å². The van der Waals surface area contributed by atoms with E-state index in [9.17, 15) is 0 Å². The van der Waals surface area contributed by atoms with Gasteiger partial charge in [0.15, 0.2) is 5.65 Å². The van der Waals surface area contributed by atoms with E-state index in [2.05, 4.69) is 15.4 Å². The number of pyridine rings is 1. The molecule has 1 unspecified atom stereocenters. The number of anilines is 2. The topological polar surface area (TPSA) is 94.3 Å². The van der Waals surface area contributed by atoms with Crippen LogP contribution in [0.2, 0.25) is 0 Å². The Bertz CT molecular complexity index is 540. The summed E-state index contributed by atoms with van der Waals surface area (Å²) in [7, 11) is 0. The smallest absolute Gasteiger partial charge is 0.240 e. The fourth-order valence-electron chi connectivity index (χ4n) is 2.46. The Morgan fingerprint density at radius 3 is 3.00 bits per heavy atom. The number of nitrogens with zero attached hydrogens (tertiary/aromatic N) is 3. The van der Waals surface area contributed by atoms with Gasteiger partial charge >= 0.3 is 0 Å². The van der Waals surface area contributed by atoms with Gasteiger partial charge in [0.05, 0.1) is 0 Å². The van der Waals surface area contributed by atoms with Crippen molar-refractivity contribution < 1.29 is 0 Å². The maximum absolute atomic E-state index is 6.14. The Morgan fingerprint density at radius 2 is 2.24 bits per heavy atom. The predicted octanol–water partition coefficient (Wildman–Crippen LogP) is 0.361. The number of nitrogen functional groups attached to an aromatic ring is 2. The van der Waals surface area contributed by atoms with Crippen molar-refractivity contribution in [2.24, 2.45) is 0 Å². The fourth-order valence-corrected chi connectivity index (χ4v) is 2.46. The molecule has 0 aliphatic carbocycles. The summed E-state index contributed by atoms with van der Waals surface area (Å²) in [5, 5.41) is 7.49. The van der Waals surface area contributed by atoms with Crippen LogP contribution in [0.15, 0.2) is 12.1 Å². The van der Waals surface area contributed by atoms with Gasteiger partial charge in [0.2, 0.25) is 5.95 Å². The van der Waals surface area contributed by atoms with Gasteiger partial charge in [0.25, 0.3) is 0 Å². The first-order chi connectivity index (χ1) is 8.25. The van der Waals surface area contributed by atoms with E-state index in [-0.39, 0.29) is 5.95 Å². The normalized spacial score (nSPS) is 20.8. The van der Waals surface area contributed by atoms with Gasteiger partial charge in [0.1, 0.15) is 5.82 Å². The van der Waals surface area contributed by atoms with Crippen molar-refractivity contribution in [3.8, 4) is 0 Å². The molecule has 1 fully saturated rings. The van der Waals surface area contributed by atoms with Gasteiger partial charge in [-0.25, -0.2) is 0 Å². The third-order valence-electron chi connectivity index (χ3n) is 3.32. The summed E-state index contributed by atoms with van der Waals surface area (Å²) in [6.45, 7) is 2.06. The van der Waals surface area contributed by atoms with Gasteiger partial charge in [-0.1, -0.05) is 6.07 Å². The second-order valence-corrected chi connectivity index (χ2v) is 4.46. The maximum Gasteiger partial charge on any atom is 0.240 e. The summed E-state index contributed by atoms with van der Waals surface area (Å²) in [4.78, 5) is 4.09. The molecule has 6 nitrogen and oxygen atoms in total. The summed E-state index contributed by atoms with van der Waals surface area (Å²) in [6.07, 6.45) is 2.34. The molecule has 0 radical (unpaired) electrons. The Kier molecular flexibility index (Phi) is 2.36. The van der Waals surface area contributed by atoms with E-state index < -0.39 is 0 Å². The minimum absolute atomic E-state index is 0.260. The number of hydrogen-bond donors (Lipinski definition) is 3. The first-order valence-corrected chi connectivity index (χ1v) is 5.87. The number of nitrogens with two attached hydrogens (primary N) is 2. The predicted molar refractivity (Wildman–Crippen MR) is 66.7 cm³/mol. The molecule has 2 aromatic heterocycles. The van der Waals surface area contributed by atoms with Crippen LogP contribution < -0.4 is 16.8 Å². The molecule has 0 saturated carbocycles. The summed E-state index contributed by atoms with van der Waals surface area (Å²) >= 11 is 0. The second kappa shape index (κ2) is 3.89. The molecule has 5 N–H and O–H groups in total. The van der Waals surface area contributed by atoms with Crippen LogP contribution in [0, 0.1) is 0 Å². The van der Waals surface area contributed by atoms with Gasteiger partial charge in [-0.05, 0) is 31.0 Å². The molecule has 1 atom stereocenters. The molecule has 0 amide bonds. The minimum Gasteiger partial charge on any atom is -0.383 e. The molecular formula is C11H16N6. The van der Waals surface area contributed by atoms with Crippen LogP contribution in [-0.4, -0.2) is 27.7 Å². The summed E-state index contributed by atoms with van der Waals surface area (Å²) < 4.78 is 1.62. The highest BCUT2D eigenvalue weighted by molar-refractivity contribution is 5.54. The Balaban J connectivity index is 2.06. The molecule has 1 saturated heterocycles. The molecular weight excluding hydrogens is 216 g/mol. The molecule has 6 heteroatoms. The van der Waals surface area contributed by atoms with Gasteiger partial charge in [-0.3, -0.25) is 0 Å². The lowest BCUT2D eigenvalue weighted by molar-refractivity contribution is 0.461. The lowest BCUT2D eigenvalue weighted by atomic mass is 9.92. The minimum atomic E-state index is 0.260. The molecule has 0 aromatic carbocycles. The van der Waals surface area contributed by atoms with Crippen LogP contribution in [0.5, 0.6) is 0 Å². The number of hydrogen-bond acceptors (Lipinski definition) is 5. The third kappa shape index (κ3) is 1.70. The standard InChI is InChI=1S/C11H16N6/c12-10-8(7-2-1-5-14-6-7)3-4-9-15-11(13)16-17(9)10/h3-4,7,14H,1-2,5-6,12H2,(H2,13,16). The zero-order valence-electron chi connectivity index (χ0n) is 9.56. The SMILES string of the molecule is Nc1nc2ccc(C3CCCNC3)c(N)n2n1. The van der Waals surface area contributed by atoms with Crippen molar-refractivity contribution in [1.82, 2.24) is 19.9 Å². The highest BCUT2D eigenvalue weighted by Gasteiger charge is 2.19. The van der Waals surface area contributed by atoms with Crippen LogP contribution in [-0.2, 0) is 0 Å². The highest BCUT2D eigenvalue weighted by Crippen LogP contribution is 2.28. The summed E-state index contributed by atoms with van der Waals surface area (Å²) in [5.74, 6) is 1.37. The molecule has 0 bridgehead atoms. The van der Waals surface area contributed by atoms with Crippen LogP contribution >= 0.6 is 0 Å². The zero-order valence-corrected chi connectivity index (χ0v) is 9.56. The summed E-state index contributed by atoms with van der Waals surface area (Å²) in [6, 6.07) is 3.96. The van der Waals surface area contributed by atoms with Gasteiger partial charge < -0.3 is 16.8 Å². The first kappa shape index (κ1) is 10.3. The Morgan fingerprint density at radius 1 is 1.35 bits per heavy atom. The number of aromatic nitrogens is 3. The van der Waals surface area contributed by atoms with Crippen LogP contribution in [0.4, 0.5) is 11.8 Å². The number of fused-ring (bicyclic) bond motifs is 1. The van der Waals surface area contributed by atoms with Crippen molar-refractivity contribution >= 4 is 17.4 Å². The Hall–Kier alpha value is -1.82. The van der Waals surface area contributed by atoms with Crippen molar-refractivity contribution in [3.05, 3.63) is 17.7 Å². The van der Waals surface area contributed by atoms with Crippen LogP contribution in [0.1, 0.15) is 24.3 Å². The average molecular weight is 232 g/mol. The van der Waals surface area contributed by atoms with Crippen LogP contribution in [0.25, 0.3) is 5.65 Å². The van der Waals surface area contributed by atoms with Gasteiger partial charge in [-0.2, -0.15) is 9.50 Å². The van der Waals surface area contributed by atoms with Gasteiger partial charge in [-0.15, -0.1) is 5.10 Å². The zero-order chi connectivity index (χ0) is 11.8. The number of nitrogens with one attached hydrogen (secondary N) is 1. The fraction of sp³-hybridized carbons (Fsp3) is 0.455. The summed E-state index contributed by atoms with van der Waals surface area (Å²) in [5.41, 5.74) is 13.6. The molecule has 3 heterocycles. The number of piperidine rings is 1. The van der Waals surface area contributed by atoms with Crippen molar-refractivity contribution in [1.29, 1.82) is 0 Å². The van der Waals surface area contributed by atoms with Crippen molar-refractivity contribution in [3.63, 3.8) is 0 Å². The lowest BCUT2D eigenvalue weighted by Crippen LogP contribution is -2.29. The third-order valence-corrected chi connectivity index (χ3v) is 3.32. The maximum atomic E-state index is 6.14. The van der Waals surface area contributed by atoms with Crippen LogP contribution in [0.3, 0.4) is 0 Å². The van der Waals surface area contributed by atoms with Crippen molar-refractivity contribution in [2.75, 3.05) is 24.6 Å². The van der Waals surface area contributed by atoms with E-state index in [1.54, 1.807) is 4.52 Å². The van der Waals surface area contributed by atoms with E-state index in [1.807, 2.05) is 12.1 Å². The molecule has 1 aliphatic rings. The monoisotopic (exact) mass is 232 g/mol. The van der Waals surface area contributed by atoms with E-state index in [4.69, 9.17) is 11.5 Å². The lowest BCUT2D eigenvalue weighted by Gasteiger charge is -2.24. The Labute approximate surface area is 99.0 Å². The molecule has 1 aliphatic heterocycles. The second-order valence-electron chi connectivity index (χ2n) is 4.46. The van der Waals surface area contributed by atoms with E-state index in [0.29, 0.717) is 17.4 Å². The molecule has 2 aromatic rings. The largest absolute Gasteiger partial charge is 0.383 e. The van der Waals surface area contributed by atoms with E-state index in [1.165, 1.54) is 6.42 Å². The molecule has 17 heavy (non-hydrogen) atoms. The number of rotatable bonds is 1. The molecule has 3 rings (SSSR count). The molecule has 0 spiro atoms. The van der Waals surface area contributed by atoms with E-state index >= 15 is 0 Å². The van der Waals surface area contributed by atoms with Gasteiger partial charge in [0, 0.05) is 12.5 Å². The first-order valence-electron chi connectivity index (χ1n) is 5.87. The average Bonchev–Trinajstić information content (AvgIpc) is 2.72. The highest BCUT2D eigenvalue weighted by atomic mass is 15.3. The quantitative estimate of drug-likeness (QED) is 0.660. The van der Waals surface area contributed by atoms with E-state index in [0.717, 1.165) is 25.1 Å². The molecule has 90 valence electrons.